The highest BCUT2D eigenvalue weighted by molar-refractivity contribution is 5.45. The fourth-order valence-corrected chi connectivity index (χ4v) is 3.15. The van der Waals surface area contributed by atoms with Crippen LogP contribution in [0.4, 0.5) is 18.9 Å². The lowest BCUT2D eigenvalue weighted by Gasteiger charge is -2.19. The summed E-state index contributed by atoms with van der Waals surface area (Å²) in [6.07, 6.45) is 0.163. The third kappa shape index (κ3) is 3.89. The molecular formula is C18H19F3N4O. The van der Waals surface area contributed by atoms with Gasteiger partial charge in [0.15, 0.2) is 0 Å². The fourth-order valence-electron chi connectivity index (χ4n) is 3.15. The number of hydrogen-bond acceptors (Lipinski definition) is 5. The summed E-state index contributed by atoms with van der Waals surface area (Å²) >= 11 is 0. The van der Waals surface area contributed by atoms with Crippen LogP contribution in [0.15, 0.2) is 30.5 Å². The van der Waals surface area contributed by atoms with E-state index in [0.717, 1.165) is 31.3 Å². The van der Waals surface area contributed by atoms with Crippen molar-refractivity contribution in [1.82, 2.24) is 15.2 Å². The topological polar surface area (TPSA) is 51.1 Å². The van der Waals surface area contributed by atoms with E-state index in [0.29, 0.717) is 30.0 Å². The second-order valence-corrected chi connectivity index (χ2v) is 6.88. The van der Waals surface area contributed by atoms with E-state index >= 15 is 0 Å². The van der Waals surface area contributed by atoms with Crippen molar-refractivity contribution in [3.05, 3.63) is 41.9 Å². The Morgan fingerprint density at radius 1 is 1.08 bits per heavy atom. The summed E-state index contributed by atoms with van der Waals surface area (Å²) in [6, 6.07) is 6.32. The number of ether oxygens (including phenoxy) is 1. The normalized spacial score (nSPS) is 20.4. The lowest BCUT2D eigenvalue weighted by atomic mass is 10.1. The van der Waals surface area contributed by atoms with Crippen molar-refractivity contribution < 1.29 is 17.9 Å². The van der Waals surface area contributed by atoms with Crippen LogP contribution in [0.2, 0.25) is 0 Å². The summed E-state index contributed by atoms with van der Waals surface area (Å²) in [5.74, 6) is 1.38. The van der Waals surface area contributed by atoms with Crippen LogP contribution in [0.3, 0.4) is 0 Å². The molecule has 2 aromatic rings. The molecule has 1 unspecified atom stereocenters. The highest BCUT2D eigenvalue weighted by atomic mass is 19.4. The molecule has 26 heavy (non-hydrogen) atoms. The quantitative estimate of drug-likeness (QED) is 0.810. The van der Waals surface area contributed by atoms with E-state index < -0.39 is 11.9 Å². The van der Waals surface area contributed by atoms with Crippen molar-refractivity contribution in [2.75, 3.05) is 24.6 Å². The van der Waals surface area contributed by atoms with Gasteiger partial charge in [0, 0.05) is 31.0 Å². The molecule has 1 aliphatic carbocycles. The van der Waals surface area contributed by atoms with E-state index in [1.165, 1.54) is 25.1 Å². The van der Waals surface area contributed by atoms with Crippen molar-refractivity contribution in [2.24, 2.45) is 5.92 Å². The molecule has 0 N–H and O–H groups in total. The van der Waals surface area contributed by atoms with Crippen LogP contribution in [0.25, 0.3) is 0 Å². The molecule has 2 fully saturated rings. The first-order chi connectivity index (χ1) is 12.5. The van der Waals surface area contributed by atoms with Gasteiger partial charge in [-0.2, -0.15) is 18.3 Å². The average molecular weight is 364 g/mol. The Labute approximate surface area is 149 Å². The Morgan fingerprint density at radius 3 is 2.54 bits per heavy atom. The first-order valence-corrected chi connectivity index (χ1v) is 8.73. The highest BCUT2D eigenvalue weighted by Gasteiger charge is 2.32. The summed E-state index contributed by atoms with van der Waals surface area (Å²) < 4.78 is 43.5. The number of aromatic nitrogens is 3. The maximum atomic E-state index is 12.6. The molecule has 4 rings (SSSR count). The van der Waals surface area contributed by atoms with Crippen LogP contribution in [-0.2, 0) is 6.18 Å². The summed E-state index contributed by atoms with van der Waals surface area (Å²) in [5.41, 5.74) is 0.863. The minimum atomic E-state index is -4.41. The monoisotopic (exact) mass is 364 g/mol. The summed E-state index contributed by atoms with van der Waals surface area (Å²) in [4.78, 5) is 5.56. The van der Waals surface area contributed by atoms with E-state index in [1.54, 1.807) is 0 Å². The van der Waals surface area contributed by atoms with E-state index in [9.17, 15) is 13.2 Å². The molecule has 1 atom stereocenters. The van der Waals surface area contributed by atoms with Gasteiger partial charge in [-0.05, 0) is 37.5 Å². The number of alkyl halides is 3. The van der Waals surface area contributed by atoms with Crippen LogP contribution >= 0.6 is 0 Å². The van der Waals surface area contributed by atoms with Gasteiger partial charge in [0.05, 0.1) is 24.2 Å². The molecule has 1 aliphatic heterocycles. The molecule has 0 amide bonds. The van der Waals surface area contributed by atoms with Crippen molar-refractivity contribution in [3.63, 3.8) is 0 Å². The maximum Gasteiger partial charge on any atom is 0.433 e. The van der Waals surface area contributed by atoms with Gasteiger partial charge < -0.3 is 9.64 Å². The third-order valence-corrected chi connectivity index (χ3v) is 4.81. The molecule has 0 aromatic carbocycles. The number of anilines is 1. The number of rotatable bonds is 5. The van der Waals surface area contributed by atoms with Crippen LogP contribution in [-0.4, -0.2) is 34.9 Å². The lowest BCUT2D eigenvalue weighted by Crippen LogP contribution is -2.22. The van der Waals surface area contributed by atoms with Crippen molar-refractivity contribution in [1.29, 1.82) is 0 Å². The predicted molar refractivity (Wildman–Crippen MR) is 89.1 cm³/mol. The molecule has 0 spiro atoms. The molecular weight excluding hydrogens is 345 g/mol. The zero-order valence-corrected chi connectivity index (χ0v) is 14.1. The maximum absolute atomic E-state index is 12.6. The van der Waals surface area contributed by atoms with Crippen LogP contribution in [0.1, 0.15) is 36.6 Å². The van der Waals surface area contributed by atoms with Gasteiger partial charge in [0.2, 0.25) is 5.88 Å². The Morgan fingerprint density at radius 2 is 1.92 bits per heavy atom. The Bertz CT molecular complexity index is 745. The van der Waals surface area contributed by atoms with Gasteiger partial charge in [-0.25, -0.2) is 4.98 Å². The van der Waals surface area contributed by atoms with E-state index in [2.05, 4.69) is 15.2 Å². The van der Waals surface area contributed by atoms with E-state index in [1.807, 2.05) is 17.0 Å². The second-order valence-electron chi connectivity index (χ2n) is 6.88. The summed E-state index contributed by atoms with van der Waals surface area (Å²) in [7, 11) is 0. The van der Waals surface area contributed by atoms with Crippen LogP contribution in [0, 0.1) is 5.92 Å². The van der Waals surface area contributed by atoms with Gasteiger partial charge in [-0.1, -0.05) is 0 Å². The molecule has 0 radical (unpaired) electrons. The number of pyridine rings is 1. The molecule has 8 heteroatoms. The van der Waals surface area contributed by atoms with E-state index in [-0.39, 0.29) is 0 Å². The number of halogens is 3. The minimum absolute atomic E-state index is 0.294. The molecule has 3 heterocycles. The zero-order chi connectivity index (χ0) is 18.1. The van der Waals surface area contributed by atoms with Crippen LogP contribution in [0.5, 0.6) is 5.88 Å². The molecule has 1 saturated heterocycles. The summed E-state index contributed by atoms with van der Waals surface area (Å²) in [5, 5.41) is 8.30. The number of nitrogens with zero attached hydrogens (tertiary/aromatic N) is 4. The lowest BCUT2D eigenvalue weighted by molar-refractivity contribution is -0.141. The summed E-state index contributed by atoms with van der Waals surface area (Å²) in [6.45, 7) is 2.01. The van der Waals surface area contributed by atoms with Crippen molar-refractivity contribution in [2.45, 2.75) is 31.4 Å². The third-order valence-electron chi connectivity index (χ3n) is 4.81. The SMILES string of the molecule is FC(F)(F)c1ccc(N2CCC(COc3ccc(C4CC4)nn3)C2)cn1. The molecule has 2 aromatic heterocycles. The highest BCUT2D eigenvalue weighted by Crippen LogP contribution is 2.38. The molecule has 5 nitrogen and oxygen atoms in total. The van der Waals surface area contributed by atoms with Crippen LogP contribution < -0.4 is 9.64 Å². The Hall–Kier alpha value is -2.38. The van der Waals surface area contributed by atoms with Crippen molar-refractivity contribution in [3.8, 4) is 5.88 Å². The Kier molecular flexibility index (Phi) is 4.42. The molecule has 2 aliphatic rings. The predicted octanol–water partition coefficient (Wildman–Crippen LogP) is 3.67. The van der Waals surface area contributed by atoms with Gasteiger partial charge in [0.25, 0.3) is 0 Å². The van der Waals surface area contributed by atoms with Gasteiger partial charge in [0.1, 0.15) is 5.69 Å². The zero-order valence-electron chi connectivity index (χ0n) is 14.1. The second kappa shape index (κ2) is 6.74. The number of hydrogen-bond donors (Lipinski definition) is 0. The van der Waals surface area contributed by atoms with Gasteiger partial charge >= 0.3 is 6.18 Å². The smallest absolute Gasteiger partial charge is 0.433 e. The minimum Gasteiger partial charge on any atom is -0.476 e. The fraction of sp³-hybridized carbons (Fsp3) is 0.500. The van der Waals surface area contributed by atoms with Gasteiger partial charge in [-0.3, -0.25) is 0 Å². The molecule has 138 valence electrons. The molecule has 1 saturated carbocycles. The first-order valence-electron chi connectivity index (χ1n) is 8.73. The van der Waals surface area contributed by atoms with E-state index in [4.69, 9.17) is 4.74 Å². The molecule has 0 bridgehead atoms. The standard InChI is InChI=1S/C18H19F3N4O/c19-18(20,21)16-5-3-14(9-22-16)25-8-7-12(10-25)11-26-17-6-4-15(23-24-17)13-1-2-13/h3-6,9,12-13H,1-2,7-8,10-11H2. The van der Waals surface area contributed by atoms with Gasteiger partial charge in [-0.15, -0.1) is 5.10 Å². The largest absolute Gasteiger partial charge is 0.476 e. The van der Waals surface area contributed by atoms with Crippen molar-refractivity contribution >= 4 is 5.69 Å². The Balaban J connectivity index is 1.29. The average Bonchev–Trinajstić information content (AvgIpc) is 3.38. The first kappa shape index (κ1) is 17.1.